The molecule has 0 atom stereocenters. The number of benzene rings is 1. The van der Waals surface area contributed by atoms with E-state index in [0.29, 0.717) is 17.7 Å². The molecule has 5 aliphatic rings. The fraction of sp³-hybridized carbons (Fsp3) is 0.542. The number of thiazole rings is 1. The summed E-state index contributed by atoms with van der Waals surface area (Å²) >= 11 is 1.67. The molecule has 4 bridgehead atoms. The second-order valence-electron chi connectivity index (χ2n) is 9.75. The zero-order chi connectivity index (χ0) is 20.5. The van der Waals surface area contributed by atoms with Gasteiger partial charge in [-0.2, -0.15) is 0 Å². The third-order valence-corrected chi connectivity index (χ3v) is 8.64. The molecule has 4 fully saturated rings. The van der Waals surface area contributed by atoms with Crippen LogP contribution in [0.1, 0.15) is 71.9 Å². The van der Waals surface area contributed by atoms with Crippen LogP contribution in [0.5, 0.6) is 0 Å². The van der Waals surface area contributed by atoms with Gasteiger partial charge in [0, 0.05) is 11.9 Å². The molecule has 7 rings (SSSR count). The third kappa shape index (κ3) is 3.35. The second-order valence-corrected chi connectivity index (χ2v) is 10.6. The molecular formula is C24H28BrN3O2S. The molecule has 1 aromatic carbocycles. The van der Waals surface area contributed by atoms with E-state index in [9.17, 15) is 9.59 Å². The molecule has 2 heterocycles. The number of aromatic nitrogens is 1. The van der Waals surface area contributed by atoms with Gasteiger partial charge in [0.2, 0.25) is 0 Å². The molecule has 0 saturated heterocycles. The molecule has 5 nitrogen and oxygen atoms in total. The predicted molar refractivity (Wildman–Crippen MR) is 125 cm³/mol. The second kappa shape index (κ2) is 7.69. The highest BCUT2D eigenvalue weighted by molar-refractivity contribution is 8.93. The molecule has 1 aromatic heterocycles. The van der Waals surface area contributed by atoms with E-state index in [-0.39, 0.29) is 34.3 Å². The van der Waals surface area contributed by atoms with Crippen LogP contribution in [0.15, 0.2) is 34.6 Å². The zero-order valence-electron chi connectivity index (χ0n) is 17.8. The van der Waals surface area contributed by atoms with Crippen molar-refractivity contribution in [3.63, 3.8) is 0 Å². The normalized spacial score (nSPS) is 31.3. The van der Waals surface area contributed by atoms with Gasteiger partial charge in [0.1, 0.15) is 0 Å². The minimum atomic E-state index is -0.191. The Labute approximate surface area is 197 Å². The lowest BCUT2D eigenvalue weighted by molar-refractivity contribution is -0.000419. The summed E-state index contributed by atoms with van der Waals surface area (Å²) in [4.78, 5) is 33.4. The topological polar surface area (TPSA) is 54.7 Å². The number of rotatable bonds is 4. The molecule has 0 spiro atoms. The highest BCUT2D eigenvalue weighted by atomic mass is 79.9. The van der Waals surface area contributed by atoms with Gasteiger partial charge in [-0.15, -0.1) is 28.3 Å². The van der Waals surface area contributed by atoms with Gasteiger partial charge in [-0.05, 0) is 75.3 Å². The molecule has 4 aliphatic carbocycles. The van der Waals surface area contributed by atoms with E-state index in [1.54, 1.807) is 23.5 Å². The van der Waals surface area contributed by atoms with Crippen molar-refractivity contribution in [3.05, 3.63) is 51.3 Å². The Hall–Kier alpha value is -1.73. The average molecular weight is 502 g/mol. The smallest absolute Gasteiger partial charge is 0.261 e. The van der Waals surface area contributed by atoms with Crippen LogP contribution in [0.25, 0.3) is 0 Å². The van der Waals surface area contributed by atoms with Crippen molar-refractivity contribution in [3.8, 4) is 0 Å². The van der Waals surface area contributed by atoms with Crippen molar-refractivity contribution in [1.82, 2.24) is 9.47 Å². The highest BCUT2D eigenvalue weighted by Crippen LogP contribution is 2.57. The van der Waals surface area contributed by atoms with Gasteiger partial charge in [-0.25, -0.2) is 0 Å². The Morgan fingerprint density at radius 3 is 2.06 bits per heavy atom. The molecule has 31 heavy (non-hydrogen) atoms. The Balaban J connectivity index is 0.00000204. The number of halogens is 1. The first-order chi connectivity index (χ1) is 14.5. The first-order valence-electron chi connectivity index (χ1n) is 11.2. The summed E-state index contributed by atoms with van der Waals surface area (Å²) in [5, 5.41) is 2.09. The number of hydrogen-bond acceptors (Lipinski definition) is 4. The van der Waals surface area contributed by atoms with E-state index in [2.05, 4.69) is 16.9 Å². The summed E-state index contributed by atoms with van der Waals surface area (Å²) in [7, 11) is 0. The van der Waals surface area contributed by atoms with Crippen molar-refractivity contribution >= 4 is 40.1 Å². The number of carbonyl (C=O) groups is 2. The number of nitrogens with zero attached hydrogens (tertiary/aromatic N) is 3. The Morgan fingerprint density at radius 2 is 1.55 bits per heavy atom. The van der Waals surface area contributed by atoms with Gasteiger partial charge in [-0.3, -0.25) is 19.5 Å². The number of imide groups is 1. The lowest BCUT2D eigenvalue weighted by atomic mass is 9.53. The van der Waals surface area contributed by atoms with Crippen molar-refractivity contribution in [2.45, 2.75) is 64.1 Å². The number of carbonyl (C=O) groups excluding carboxylic acids is 2. The molecular weight excluding hydrogens is 474 g/mol. The summed E-state index contributed by atoms with van der Waals surface area (Å²) < 4.78 is 2.22. The van der Waals surface area contributed by atoms with Crippen molar-refractivity contribution in [2.24, 2.45) is 22.7 Å². The van der Waals surface area contributed by atoms with Crippen LogP contribution in [-0.4, -0.2) is 26.8 Å². The van der Waals surface area contributed by atoms with Crippen LogP contribution in [0.4, 0.5) is 0 Å². The molecule has 7 heteroatoms. The minimum Gasteiger partial charge on any atom is -0.320 e. The number of fused-ring (bicyclic) bond motifs is 1. The largest absolute Gasteiger partial charge is 0.320 e. The maximum atomic E-state index is 12.8. The van der Waals surface area contributed by atoms with E-state index in [4.69, 9.17) is 4.99 Å². The Kier molecular flexibility index (Phi) is 5.25. The van der Waals surface area contributed by atoms with Crippen molar-refractivity contribution < 1.29 is 9.59 Å². The molecule has 0 N–H and O–H groups in total. The first-order valence-corrected chi connectivity index (χ1v) is 12.1. The van der Waals surface area contributed by atoms with Crippen LogP contribution in [-0.2, 0) is 13.1 Å². The average Bonchev–Trinajstić information content (AvgIpc) is 3.20. The summed E-state index contributed by atoms with van der Waals surface area (Å²) in [6.45, 7) is 3.23. The monoisotopic (exact) mass is 501 g/mol. The fourth-order valence-electron chi connectivity index (χ4n) is 6.87. The molecule has 164 valence electrons. The number of hydrogen-bond donors (Lipinski definition) is 0. The molecule has 4 saturated carbocycles. The van der Waals surface area contributed by atoms with Gasteiger partial charge in [0.25, 0.3) is 11.8 Å². The van der Waals surface area contributed by atoms with Crippen LogP contribution < -0.4 is 4.80 Å². The summed E-state index contributed by atoms with van der Waals surface area (Å²) in [6, 6.07) is 7.11. The molecule has 2 amide bonds. The van der Waals surface area contributed by atoms with Gasteiger partial charge in [-0.1, -0.05) is 12.1 Å². The van der Waals surface area contributed by atoms with Crippen LogP contribution >= 0.6 is 28.3 Å². The summed E-state index contributed by atoms with van der Waals surface area (Å²) in [5.41, 5.74) is 2.16. The Morgan fingerprint density at radius 1 is 1.00 bits per heavy atom. The number of amides is 2. The van der Waals surface area contributed by atoms with E-state index < -0.39 is 0 Å². The highest BCUT2D eigenvalue weighted by Gasteiger charge is 2.51. The standard InChI is InChI=1S/C24H27N3O2S.BrH/c1-2-26-18(13-27-21(28)19-5-3-4-6-20(19)22(27)29)14-30-23(26)25-24-10-15-7-16(11-24)9-17(8-15)12-24;/h3-6,14-17H,2,7-13H2,1H3;1H. The van der Waals surface area contributed by atoms with Crippen LogP contribution in [0, 0.1) is 17.8 Å². The minimum absolute atomic E-state index is 0. The lowest BCUT2D eigenvalue weighted by Crippen LogP contribution is -2.50. The third-order valence-electron chi connectivity index (χ3n) is 7.73. The van der Waals surface area contributed by atoms with Gasteiger partial charge in [0.05, 0.1) is 28.9 Å². The lowest BCUT2D eigenvalue weighted by Gasteiger charge is -2.54. The maximum absolute atomic E-state index is 12.8. The van der Waals surface area contributed by atoms with Gasteiger partial charge in [0.15, 0.2) is 4.80 Å². The zero-order valence-corrected chi connectivity index (χ0v) is 20.3. The van der Waals surface area contributed by atoms with Crippen molar-refractivity contribution in [2.75, 3.05) is 0 Å². The van der Waals surface area contributed by atoms with Gasteiger partial charge < -0.3 is 4.57 Å². The fourth-order valence-corrected chi connectivity index (χ4v) is 7.93. The molecule has 0 unspecified atom stereocenters. The van der Waals surface area contributed by atoms with Crippen LogP contribution in [0.2, 0.25) is 0 Å². The molecule has 0 radical (unpaired) electrons. The van der Waals surface area contributed by atoms with Crippen LogP contribution in [0.3, 0.4) is 0 Å². The molecule has 1 aliphatic heterocycles. The maximum Gasteiger partial charge on any atom is 0.261 e. The van der Waals surface area contributed by atoms with Crippen molar-refractivity contribution in [1.29, 1.82) is 0 Å². The predicted octanol–water partition coefficient (Wildman–Crippen LogP) is 4.81. The van der Waals surface area contributed by atoms with E-state index in [0.717, 1.165) is 34.8 Å². The summed E-state index contributed by atoms with van der Waals surface area (Å²) in [5.74, 6) is 2.22. The first kappa shape index (κ1) is 21.1. The quantitative estimate of drug-likeness (QED) is 0.564. The Bertz CT molecular complexity index is 1050. The van der Waals surface area contributed by atoms with E-state index >= 15 is 0 Å². The van der Waals surface area contributed by atoms with E-state index in [1.165, 1.54) is 43.4 Å². The van der Waals surface area contributed by atoms with Gasteiger partial charge >= 0.3 is 0 Å². The summed E-state index contributed by atoms with van der Waals surface area (Å²) in [6.07, 6.45) is 7.98. The SMILES string of the molecule is Br.CCn1c(CN2C(=O)c3ccccc3C2=O)csc1=NC12CC3CC(CC(C3)C1)C2. The van der Waals surface area contributed by atoms with E-state index in [1.807, 2.05) is 12.1 Å². The molecule has 2 aromatic rings.